The second kappa shape index (κ2) is 6.20. The van der Waals surface area contributed by atoms with Gasteiger partial charge in [0.1, 0.15) is 16.7 Å². The van der Waals surface area contributed by atoms with Gasteiger partial charge in [-0.05, 0) is 46.8 Å². The van der Waals surface area contributed by atoms with Gasteiger partial charge in [-0.15, -0.1) is 0 Å². The Hall–Kier alpha value is -1.69. The molecule has 0 saturated carbocycles. The topological polar surface area (TPSA) is 53.0 Å². The molecule has 1 aliphatic heterocycles. The minimum Gasteiger partial charge on any atom is -0.281 e. The number of rotatable bonds is 2. The first kappa shape index (κ1) is 16.7. The second-order valence-electron chi connectivity index (χ2n) is 6.55. The molecule has 1 fully saturated rings. The minimum absolute atomic E-state index is 0.107. The lowest BCUT2D eigenvalue weighted by atomic mass is 10.1. The normalized spacial score (nSPS) is 21.8. The molecule has 120 valence electrons. The molecule has 0 bridgehead atoms. The smallest absolute Gasteiger partial charge is 0.281 e. The molecule has 0 aromatic heterocycles. The molecule has 2 amide bonds. The summed E-state index contributed by atoms with van der Waals surface area (Å²) in [6.07, 6.45) is 0. The summed E-state index contributed by atoms with van der Waals surface area (Å²) in [6.45, 7) is 9.61. The van der Waals surface area contributed by atoms with Crippen LogP contribution < -0.4 is 4.90 Å². The van der Waals surface area contributed by atoms with Crippen LogP contribution in [0, 0.1) is 0 Å². The number of urea groups is 1. The Morgan fingerprint density at radius 1 is 1.18 bits per heavy atom. The van der Waals surface area contributed by atoms with Crippen molar-refractivity contribution >= 4 is 27.7 Å². The number of amidine groups is 1. The molecule has 1 aliphatic rings. The third kappa shape index (κ3) is 3.55. The van der Waals surface area contributed by atoms with Crippen LogP contribution >= 0.6 is 0 Å². The van der Waals surface area contributed by atoms with E-state index in [-0.39, 0.29) is 23.5 Å². The molecular formula is C16H23N3O2S. The highest BCUT2D eigenvalue weighted by molar-refractivity contribution is 8.00. The van der Waals surface area contributed by atoms with Crippen LogP contribution in [0.2, 0.25) is 0 Å². The van der Waals surface area contributed by atoms with E-state index in [0.717, 1.165) is 5.69 Å². The van der Waals surface area contributed by atoms with Crippen molar-refractivity contribution in [3.8, 4) is 0 Å². The maximum absolute atomic E-state index is 12.8. The largest absolute Gasteiger partial charge is 0.331 e. The number of anilines is 1. The SMILES string of the molecule is CC(C)N1C(=O)N(c2ccccc2)C[S@@](=O)C1=NC(C)(C)C. The molecular weight excluding hydrogens is 298 g/mol. The van der Waals surface area contributed by atoms with Gasteiger partial charge in [0, 0.05) is 11.7 Å². The molecule has 6 heteroatoms. The number of hydrogen-bond acceptors (Lipinski definition) is 3. The average Bonchev–Trinajstić information content (AvgIpc) is 2.41. The zero-order valence-corrected chi connectivity index (χ0v) is 14.6. The lowest BCUT2D eigenvalue weighted by Gasteiger charge is -2.38. The molecule has 2 rings (SSSR count). The van der Waals surface area contributed by atoms with Gasteiger partial charge in [0.25, 0.3) is 0 Å². The van der Waals surface area contributed by atoms with Crippen LogP contribution in [0.3, 0.4) is 0 Å². The van der Waals surface area contributed by atoms with Crippen molar-refractivity contribution in [2.24, 2.45) is 4.99 Å². The van der Waals surface area contributed by atoms with Gasteiger partial charge in [-0.25, -0.2) is 9.00 Å². The molecule has 1 heterocycles. The Bertz CT molecular complexity index is 606. The summed E-state index contributed by atoms with van der Waals surface area (Å²) in [5, 5.41) is 0.375. The van der Waals surface area contributed by atoms with Crippen LogP contribution in [-0.2, 0) is 10.8 Å². The van der Waals surface area contributed by atoms with Gasteiger partial charge >= 0.3 is 6.03 Å². The molecule has 5 nitrogen and oxygen atoms in total. The van der Waals surface area contributed by atoms with Crippen molar-refractivity contribution in [3.63, 3.8) is 0 Å². The first-order chi connectivity index (χ1) is 10.2. The number of aliphatic imine (C=N–C) groups is 1. The minimum atomic E-state index is -1.35. The Kier molecular flexibility index (Phi) is 4.70. The quantitative estimate of drug-likeness (QED) is 0.840. The van der Waals surface area contributed by atoms with Gasteiger partial charge in [0.05, 0.1) is 5.54 Å². The summed E-state index contributed by atoms with van der Waals surface area (Å²) in [5.74, 6) is 0.140. The lowest BCUT2D eigenvalue weighted by molar-refractivity contribution is 0.220. The third-order valence-corrected chi connectivity index (χ3v) is 4.30. The summed E-state index contributed by atoms with van der Waals surface area (Å²) in [5.41, 5.74) is 0.370. The van der Waals surface area contributed by atoms with Gasteiger partial charge in [-0.2, -0.15) is 0 Å². The highest BCUT2D eigenvalue weighted by atomic mass is 32.2. The average molecular weight is 321 g/mol. The van der Waals surface area contributed by atoms with E-state index < -0.39 is 10.8 Å². The lowest BCUT2D eigenvalue weighted by Crippen LogP contribution is -2.57. The Labute approximate surface area is 134 Å². The van der Waals surface area contributed by atoms with Crippen molar-refractivity contribution in [2.45, 2.75) is 46.2 Å². The monoisotopic (exact) mass is 321 g/mol. The molecule has 0 aliphatic carbocycles. The first-order valence-electron chi connectivity index (χ1n) is 7.35. The van der Waals surface area contributed by atoms with Gasteiger partial charge in [-0.3, -0.25) is 14.8 Å². The summed E-state index contributed by atoms with van der Waals surface area (Å²) >= 11 is 0. The Morgan fingerprint density at radius 3 is 2.27 bits per heavy atom. The molecule has 1 aromatic rings. The number of carbonyl (C=O) groups excluding carboxylic acids is 1. The van der Waals surface area contributed by atoms with Gasteiger partial charge in [0.15, 0.2) is 0 Å². The summed E-state index contributed by atoms with van der Waals surface area (Å²) in [6, 6.07) is 9.03. The number of amides is 2. The molecule has 1 aromatic carbocycles. The van der Waals surface area contributed by atoms with E-state index in [4.69, 9.17) is 0 Å². The molecule has 1 atom stereocenters. The van der Waals surface area contributed by atoms with Crippen molar-refractivity contribution in [1.82, 2.24) is 4.90 Å². The van der Waals surface area contributed by atoms with E-state index in [2.05, 4.69) is 4.99 Å². The summed E-state index contributed by atoms with van der Waals surface area (Å²) in [4.78, 5) is 20.5. The zero-order chi connectivity index (χ0) is 16.5. The maximum Gasteiger partial charge on any atom is 0.331 e. The van der Waals surface area contributed by atoms with Crippen LogP contribution in [0.5, 0.6) is 0 Å². The Balaban J connectivity index is 2.44. The van der Waals surface area contributed by atoms with Crippen LogP contribution in [0.25, 0.3) is 0 Å². The fourth-order valence-electron chi connectivity index (χ4n) is 2.18. The highest BCUT2D eigenvalue weighted by Gasteiger charge is 2.38. The number of para-hydroxylation sites is 1. The van der Waals surface area contributed by atoms with Crippen LogP contribution in [0.1, 0.15) is 34.6 Å². The van der Waals surface area contributed by atoms with E-state index in [1.165, 1.54) is 4.90 Å². The maximum atomic E-state index is 12.8. The van der Waals surface area contributed by atoms with Crippen LogP contribution in [0.4, 0.5) is 10.5 Å². The Morgan fingerprint density at radius 2 is 1.77 bits per heavy atom. The first-order valence-corrected chi connectivity index (χ1v) is 8.66. The number of nitrogens with zero attached hydrogens (tertiary/aromatic N) is 3. The van der Waals surface area contributed by atoms with E-state index in [1.54, 1.807) is 4.90 Å². The molecule has 22 heavy (non-hydrogen) atoms. The van der Waals surface area contributed by atoms with Crippen molar-refractivity contribution in [3.05, 3.63) is 30.3 Å². The molecule has 0 radical (unpaired) electrons. The number of carbonyl (C=O) groups is 1. The van der Waals surface area contributed by atoms with E-state index in [1.807, 2.05) is 65.0 Å². The van der Waals surface area contributed by atoms with Gasteiger partial charge in [0.2, 0.25) is 5.17 Å². The fourth-order valence-corrected chi connectivity index (χ4v) is 3.67. The van der Waals surface area contributed by atoms with E-state index in [0.29, 0.717) is 5.17 Å². The second-order valence-corrected chi connectivity index (χ2v) is 7.86. The molecule has 1 saturated heterocycles. The fraction of sp³-hybridized carbons (Fsp3) is 0.500. The van der Waals surface area contributed by atoms with Gasteiger partial charge < -0.3 is 0 Å². The predicted octanol–water partition coefficient (Wildman–Crippen LogP) is 3.20. The molecule has 0 spiro atoms. The summed E-state index contributed by atoms with van der Waals surface area (Å²) in [7, 11) is -1.35. The number of benzene rings is 1. The summed E-state index contributed by atoms with van der Waals surface area (Å²) < 4.78 is 12.7. The standard InChI is InChI=1S/C16H23N3O2S/c1-12(2)19-14(17-16(3,4)5)22(21)11-18(15(19)20)13-9-7-6-8-10-13/h6-10,12H,11H2,1-5H3/t22-/m1/s1. The van der Waals surface area contributed by atoms with Crippen LogP contribution in [0.15, 0.2) is 35.3 Å². The third-order valence-electron chi connectivity index (χ3n) is 3.11. The van der Waals surface area contributed by atoms with E-state index >= 15 is 0 Å². The predicted molar refractivity (Wildman–Crippen MR) is 91.5 cm³/mol. The van der Waals surface area contributed by atoms with Crippen molar-refractivity contribution in [2.75, 3.05) is 10.8 Å². The van der Waals surface area contributed by atoms with E-state index in [9.17, 15) is 9.00 Å². The highest BCUT2D eigenvalue weighted by Crippen LogP contribution is 2.24. The van der Waals surface area contributed by atoms with Crippen molar-refractivity contribution < 1.29 is 9.00 Å². The molecule has 0 unspecified atom stereocenters. The van der Waals surface area contributed by atoms with Crippen molar-refractivity contribution in [1.29, 1.82) is 0 Å². The number of hydrogen-bond donors (Lipinski definition) is 0. The van der Waals surface area contributed by atoms with Crippen LogP contribution in [-0.4, -0.2) is 37.8 Å². The zero-order valence-electron chi connectivity index (χ0n) is 13.7. The molecule has 0 N–H and O–H groups in total. The van der Waals surface area contributed by atoms with Gasteiger partial charge in [-0.1, -0.05) is 18.2 Å².